The van der Waals surface area contributed by atoms with Gasteiger partial charge < -0.3 is 9.84 Å². The second-order valence-corrected chi connectivity index (χ2v) is 5.02. The Morgan fingerprint density at radius 3 is 2.43 bits per heavy atom. The summed E-state index contributed by atoms with van der Waals surface area (Å²) in [4.78, 5) is 10.4. The van der Waals surface area contributed by atoms with Gasteiger partial charge in [-0.1, -0.05) is 29.3 Å². The summed E-state index contributed by atoms with van der Waals surface area (Å²) < 4.78 is 5.47. The van der Waals surface area contributed by atoms with E-state index in [-0.39, 0.29) is 24.7 Å². The normalized spacial score (nSPS) is 10.4. The number of nitro benzene ring substituents is 1. The van der Waals surface area contributed by atoms with E-state index in [1.165, 1.54) is 18.2 Å². The maximum atomic E-state index is 11.0. The molecule has 0 aromatic heterocycles. The molecule has 1 N–H and O–H groups in total. The fraction of sp³-hybridized carbons (Fsp3) is 0.143. The molecule has 0 amide bonds. The molecule has 0 unspecified atom stereocenters. The summed E-state index contributed by atoms with van der Waals surface area (Å²) in [6.45, 7) is -0.241. The minimum atomic E-state index is -0.551. The number of aliphatic hydroxyl groups is 1. The zero-order valence-electron chi connectivity index (χ0n) is 10.8. The van der Waals surface area contributed by atoms with Crippen LogP contribution >= 0.6 is 23.2 Å². The lowest BCUT2D eigenvalue weighted by Gasteiger charge is -2.10. The molecule has 0 aliphatic carbocycles. The first-order valence-corrected chi connectivity index (χ1v) is 6.72. The summed E-state index contributed by atoms with van der Waals surface area (Å²) in [6, 6.07) is 9.18. The predicted octanol–water partition coefficient (Wildman–Crippen LogP) is 3.97. The first-order chi connectivity index (χ1) is 10.0. The minimum Gasteiger partial charge on any atom is -0.482 e. The van der Waals surface area contributed by atoms with Gasteiger partial charge in [-0.3, -0.25) is 10.1 Å². The van der Waals surface area contributed by atoms with Crippen LogP contribution in [-0.2, 0) is 13.2 Å². The van der Waals surface area contributed by atoms with Gasteiger partial charge in [0.2, 0.25) is 0 Å². The Balaban J connectivity index is 2.28. The number of nitro groups is 1. The van der Waals surface area contributed by atoms with Gasteiger partial charge in [0.25, 0.3) is 0 Å². The van der Waals surface area contributed by atoms with Crippen LogP contribution in [0.3, 0.4) is 0 Å². The monoisotopic (exact) mass is 327 g/mol. The van der Waals surface area contributed by atoms with Gasteiger partial charge in [0, 0.05) is 21.7 Å². The Morgan fingerprint density at radius 1 is 1.19 bits per heavy atom. The standard InChI is InChI=1S/C14H11Cl2NO4/c15-11-2-1-3-12(16)10(11)8-21-14-6-9(7-18)4-5-13(14)17(19)20/h1-6,18H,7-8H2. The van der Waals surface area contributed by atoms with Crippen molar-refractivity contribution in [1.82, 2.24) is 0 Å². The van der Waals surface area contributed by atoms with Crippen LogP contribution in [0, 0.1) is 10.1 Å². The fourth-order valence-electron chi connectivity index (χ4n) is 1.74. The molecular weight excluding hydrogens is 317 g/mol. The molecule has 5 nitrogen and oxygen atoms in total. The Hall–Kier alpha value is -1.82. The molecule has 0 atom stereocenters. The number of ether oxygens (including phenoxy) is 1. The van der Waals surface area contributed by atoms with Crippen LogP contribution in [0.1, 0.15) is 11.1 Å². The smallest absolute Gasteiger partial charge is 0.310 e. The van der Waals surface area contributed by atoms with Gasteiger partial charge in [0.15, 0.2) is 5.75 Å². The molecule has 0 spiro atoms. The predicted molar refractivity (Wildman–Crippen MR) is 79.8 cm³/mol. The lowest BCUT2D eigenvalue weighted by atomic mass is 10.2. The molecule has 0 aliphatic heterocycles. The van der Waals surface area contributed by atoms with E-state index < -0.39 is 4.92 Å². The van der Waals surface area contributed by atoms with E-state index in [0.717, 1.165) is 0 Å². The second kappa shape index (κ2) is 6.76. The molecule has 7 heteroatoms. The second-order valence-electron chi connectivity index (χ2n) is 4.21. The topological polar surface area (TPSA) is 72.6 Å². The summed E-state index contributed by atoms with van der Waals surface area (Å²) >= 11 is 12.0. The third kappa shape index (κ3) is 3.64. The number of halogens is 2. The van der Waals surface area contributed by atoms with Crippen molar-refractivity contribution in [2.45, 2.75) is 13.2 Å². The summed E-state index contributed by atoms with van der Waals surface area (Å²) in [5.41, 5.74) is 0.876. The molecule has 0 aliphatic rings. The van der Waals surface area contributed by atoms with E-state index in [2.05, 4.69) is 0 Å². The van der Waals surface area contributed by atoms with Crippen molar-refractivity contribution in [3.8, 4) is 5.75 Å². The van der Waals surface area contributed by atoms with Gasteiger partial charge in [-0.05, 0) is 29.8 Å². The number of benzene rings is 2. The maximum absolute atomic E-state index is 11.0. The molecule has 2 aromatic rings. The van der Waals surface area contributed by atoms with E-state index in [1.807, 2.05) is 0 Å². The van der Waals surface area contributed by atoms with Crippen LogP contribution in [0.25, 0.3) is 0 Å². The molecule has 21 heavy (non-hydrogen) atoms. The van der Waals surface area contributed by atoms with Crippen LogP contribution in [0.4, 0.5) is 5.69 Å². The van der Waals surface area contributed by atoms with E-state index >= 15 is 0 Å². The van der Waals surface area contributed by atoms with Gasteiger partial charge in [-0.15, -0.1) is 0 Å². The van der Waals surface area contributed by atoms with Crippen molar-refractivity contribution in [3.05, 3.63) is 67.7 Å². The van der Waals surface area contributed by atoms with Gasteiger partial charge in [-0.2, -0.15) is 0 Å². The lowest BCUT2D eigenvalue weighted by molar-refractivity contribution is -0.386. The Bertz CT molecular complexity index is 656. The van der Waals surface area contributed by atoms with E-state index in [4.69, 9.17) is 33.0 Å². The van der Waals surface area contributed by atoms with Crippen molar-refractivity contribution in [3.63, 3.8) is 0 Å². The third-order valence-corrected chi connectivity index (χ3v) is 3.55. The minimum absolute atomic E-state index is 0.00573. The summed E-state index contributed by atoms with van der Waals surface area (Å²) in [5, 5.41) is 20.9. The fourth-order valence-corrected chi connectivity index (χ4v) is 2.25. The molecule has 2 aromatic carbocycles. The Labute approximate surface area is 130 Å². The van der Waals surface area contributed by atoms with Crippen LogP contribution in [0.2, 0.25) is 10.0 Å². The van der Waals surface area contributed by atoms with Gasteiger partial charge in [-0.25, -0.2) is 0 Å². The summed E-state index contributed by atoms with van der Waals surface area (Å²) in [5.74, 6) is 0.0579. The SMILES string of the molecule is O=[N+]([O-])c1ccc(CO)cc1OCc1c(Cl)cccc1Cl. The van der Waals surface area contributed by atoms with Gasteiger partial charge in [0.05, 0.1) is 11.5 Å². The first kappa shape index (κ1) is 15.6. The average Bonchev–Trinajstić information content (AvgIpc) is 2.46. The van der Waals surface area contributed by atoms with Gasteiger partial charge >= 0.3 is 5.69 Å². The molecule has 0 saturated carbocycles. The number of hydrogen-bond acceptors (Lipinski definition) is 4. The molecular formula is C14H11Cl2NO4. The molecule has 0 radical (unpaired) electrons. The Morgan fingerprint density at radius 2 is 1.86 bits per heavy atom. The number of nitrogens with zero attached hydrogens (tertiary/aromatic N) is 1. The number of hydrogen-bond donors (Lipinski definition) is 1. The van der Waals surface area contributed by atoms with Crippen molar-refractivity contribution in [2.24, 2.45) is 0 Å². The van der Waals surface area contributed by atoms with Crippen LogP contribution < -0.4 is 4.74 Å². The average molecular weight is 328 g/mol. The van der Waals surface area contributed by atoms with E-state index in [9.17, 15) is 10.1 Å². The number of rotatable bonds is 5. The molecule has 110 valence electrons. The third-order valence-electron chi connectivity index (χ3n) is 2.84. The zero-order chi connectivity index (χ0) is 15.4. The highest BCUT2D eigenvalue weighted by molar-refractivity contribution is 6.35. The zero-order valence-corrected chi connectivity index (χ0v) is 12.3. The first-order valence-electron chi connectivity index (χ1n) is 5.96. The Kier molecular flexibility index (Phi) is 5.01. The van der Waals surface area contributed by atoms with Crippen LogP contribution in [-0.4, -0.2) is 10.0 Å². The highest BCUT2D eigenvalue weighted by Crippen LogP contribution is 2.31. The molecule has 0 heterocycles. The van der Waals surface area contributed by atoms with Crippen LogP contribution in [0.5, 0.6) is 5.75 Å². The molecule has 2 rings (SSSR count). The highest BCUT2D eigenvalue weighted by atomic mass is 35.5. The van der Waals surface area contributed by atoms with E-state index in [0.29, 0.717) is 21.2 Å². The lowest BCUT2D eigenvalue weighted by Crippen LogP contribution is -2.01. The van der Waals surface area contributed by atoms with Gasteiger partial charge in [0.1, 0.15) is 6.61 Å². The van der Waals surface area contributed by atoms with Crippen molar-refractivity contribution in [1.29, 1.82) is 0 Å². The van der Waals surface area contributed by atoms with Crippen molar-refractivity contribution < 1.29 is 14.8 Å². The van der Waals surface area contributed by atoms with Crippen molar-refractivity contribution >= 4 is 28.9 Å². The quantitative estimate of drug-likeness (QED) is 0.666. The highest BCUT2D eigenvalue weighted by Gasteiger charge is 2.16. The number of aliphatic hydroxyl groups excluding tert-OH is 1. The van der Waals surface area contributed by atoms with Crippen LogP contribution in [0.15, 0.2) is 36.4 Å². The largest absolute Gasteiger partial charge is 0.482 e. The molecule has 0 bridgehead atoms. The summed E-state index contributed by atoms with van der Waals surface area (Å²) in [6.07, 6.45) is 0. The maximum Gasteiger partial charge on any atom is 0.310 e. The molecule has 0 saturated heterocycles. The molecule has 0 fully saturated rings. The van der Waals surface area contributed by atoms with Crippen molar-refractivity contribution in [2.75, 3.05) is 0 Å². The summed E-state index contributed by atoms with van der Waals surface area (Å²) in [7, 11) is 0. The van der Waals surface area contributed by atoms with E-state index in [1.54, 1.807) is 18.2 Å².